The number of aromatic hydroxyl groups is 1. The number of allylic oxidation sites excluding steroid dienone is 1. The molecule has 4 heteroatoms. The van der Waals surface area contributed by atoms with Crippen molar-refractivity contribution in [2.45, 2.75) is 52.5 Å². The summed E-state index contributed by atoms with van der Waals surface area (Å²) in [4.78, 5) is 15.4. The van der Waals surface area contributed by atoms with Gasteiger partial charge in [-0.15, -0.1) is 0 Å². The Bertz CT molecular complexity index is 931. The molecule has 0 aromatic heterocycles. The van der Waals surface area contributed by atoms with Gasteiger partial charge in [-0.2, -0.15) is 0 Å². The van der Waals surface area contributed by atoms with Crippen molar-refractivity contribution < 1.29 is 9.90 Å². The van der Waals surface area contributed by atoms with Gasteiger partial charge in [0.25, 0.3) is 0 Å². The molecule has 2 aromatic carbocycles. The molecule has 0 saturated carbocycles. The summed E-state index contributed by atoms with van der Waals surface area (Å²) >= 11 is 0. The molecule has 0 unspecified atom stereocenters. The number of phenolic OH excluding ortho intramolecular Hbond substituents is 1. The van der Waals surface area contributed by atoms with E-state index in [1.165, 1.54) is 11.1 Å². The second-order valence-electron chi connectivity index (χ2n) is 8.40. The van der Waals surface area contributed by atoms with E-state index >= 15 is 0 Å². The highest BCUT2D eigenvalue weighted by molar-refractivity contribution is 6.04. The van der Waals surface area contributed by atoms with Crippen LogP contribution in [-0.4, -0.2) is 41.6 Å². The molecule has 2 N–H and O–H groups in total. The molecule has 0 fully saturated rings. The topological polar surface area (TPSA) is 52.6 Å². The van der Waals surface area contributed by atoms with E-state index in [4.69, 9.17) is 0 Å². The molecule has 0 spiro atoms. The number of aryl methyl sites for hydroxylation is 1. The average molecular weight is 407 g/mol. The summed E-state index contributed by atoms with van der Waals surface area (Å²) in [6.45, 7) is 12.9. The normalized spacial score (nSPS) is 19.1. The van der Waals surface area contributed by atoms with E-state index in [1.807, 2.05) is 37.3 Å². The van der Waals surface area contributed by atoms with E-state index < -0.39 is 0 Å². The first kappa shape index (κ1) is 22.1. The fraction of sp³-hybridized carbons (Fsp3) is 0.423. The van der Waals surface area contributed by atoms with Crippen LogP contribution in [0.1, 0.15) is 44.4 Å². The number of phenols is 1. The zero-order valence-electron chi connectivity index (χ0n) is 18.8. The first-order chi connectivity index (χ1) is 14.3. The lowest BCUT2D eigenvalue weighted by molar-refractivity contribution is -0.117. The van der Waals surface area contributed by atoms with Crippen LogP contribution < -0.4 is 5.32 Å². The van der Waals surface area contributed by atoms with Gasteiger partial charge >= 0.3 is 0 Å². The lowest BCUT2D eigenvalue weighted by Crippen LogP contribution is -2.45. The van der Waals surface area contributed by atoms with Crippen molar-refractivity contribution in [3.8, 4) is 5.75 Å². The molecule has 1 amide bonds. The Hall–Kier alpha value is -2.59. The highest BCUT2D eigenvalue weighted by Crippen LogP contribution is 2.53. The predicted octanol–water partition coefficient (Wildman–Crippen LogP) is 4.36. The highest BCUT2D eigenvalue weighted by Gasteiger charge is 2.51. The summed E-state index contributed by atoms with van der Waals surface area (Å²) in [7, 11) is 0. The van der Waals surface area contributed by atoms with Crippen molar-refractivity contribution in [3.63, 3.8) is 0 Å². The highest BCUT2D eigenvalue weighted by atomic mass is 16.3. The van der Waals surface area contributed by atoms with Crippen LogP contribution in [0.4, 0.5) is 0 Å². The number of amides is 1. The predicted molar refractivity (Wildman–Crippen MR) is 123 cm³/mol. The maximum atomic E-state index is 13.0. The van der Waals surface area contributed by atoms with Crippen LogP contribution in [0.3, 0.4) is 0 Å². The molecule has 2 atom stereocenters. The van der Waals surface area contributed by atoms with Crippen molar-refractivity contribution in [1.82, 2.24) is 10.2 Å². The molecule has 0 heterocycles. The molecule has 0 saturated heterocycles. The molecular weight excluding hydrogens is 372 g/mol. The number of hydrogen-bond donors (Lipinski definition) is 2. The lowest BCUT2D eigenvalue weighted by Gasteiger charge is -2.30. The Kier molecular flexibility index (Phi) is 6.67. The van der Waals surface area contributed by atoms with Gasteiger partial charge in [-0.05, 0) is 68.6 Å². The first-order valence-corrected chi connectivity index (χ1v) is 10.9. The molecular formula is C26H34N2O2. The van der Waals surface area contributed by atoms with E-state index in [1.54, 1.807) is 6.07 Å². The Morgan fingerprint density at radius 3 is 2.37 bits per heavy atom. The Morgan fingerprint density at radius 1 is 1.10 bits per heavy atom. The Labute approximate surface area is 180 Å². The van der Waals surface area contributed by atoms with E-state index in [-0.39, 0.29) is 17.4 Å². The fourth-order valence-corrected chi connectivity index (χ4v) is 4.55. The summed E-state index contributed by atoms with van der Waals surface area (Å²) in [6.07, 6.45) is 0.830. The van der Waals surface area contributed by atoms with Gasteiger partial charge in [0.15, 0.2) is 0 Å². The van der Waals surface area contributed by atoms with Crippen molar-refractivity contribution in [2.75, 3.05) is 19.6 Å². The Balaban J connectivity index is 1.69. The van der Waals surface area contributed by atoms with Crippen molar-refractivity contribution in [3.05, 3.63) is 76.4 Å². The molecule has 160 valence electrons. The van der Waals surface area contributed by atoms with Gasteiger partial charge in [0, 0.05) is 23.6 Å². The zero-order chi connectivity index (χ0) is 21.9. The summed E-state index contributed by atoms with van der Waals surface area (Å²) in [6, 6.07) is 16.2. The first-order valence-electron chi connectivity index (χ1n) is 10.9. The molecule has 3 rings (SSSR count). The summed E-state index contributed by atoms with van der Waals surface area (Å²) < 4.78 is 0. The Morgan fingerprint density at radius 2 is 1.77 bits per heavy atom. The summed E-state index contributed by atoms with van der Waals surface area (Å²) in [5.74, 6) is 0.362. The van der Waals surface area contributed by atoms with Gasteiger partial charge in [-0.25, -0.2) is 0 Å². The van der Waals surface area contributed by atoms with Gasteiger partial charge in [0.1, 0.15) is 5.75 Å². The van der Waals surface area contributed by atoms with Crippen molar-refractivity contribution in [1.29, 1.82) is 0 Å². The second-order valence-corrected chi connectivity index (χ2v) is 8.40. The van der Waals surface area contributed by atoms with Crippen LogP contribution in [-0.2, 0) is 16.6 Å². The van der Waals surface area contributed by atoms with Crippen LogP contribution in [0.5, 0.6) is 5.75 Å². The quantitative estimate of drug-likeness (QED) is 0.651. The SMILES string of the molecule is CCN(CC)[C@H](CNC(=O)C1=C(C)[C@]1(C)c1ccccc1)Cc1ccc(O)c(C)c1. The standard InChI is InChI=1S/C26H34N2O2/c1-6-28(7-2)22(16-20-13-14-23(29)18(3)15-20)17-27-25(30)24-19(4)26(24,5)21-11-9-8-10-12-21/h8-15,22,29H,6-7,16-17H2,1-5H3,(H,27,30)/t22-,26+/m0/s1. The molecule has 1 aliphatic carbocycles. The van der Waals surface area contributed by atoms with Crippen molar-refractivity contribution >= 4 is 5.91 Å². The molecule has 30 heavy (non-hydrogen) atoms. The molecule has 2 aromatic rings. The van der Waals surface area contributed by atoms with Crippen LogP contribution >= 0.6 is 0 Å². The van der Waals surface area contributed by atoms with Gasteiger partial charge in [0.2, 0.25) is 5.91 Å². The molecule has 0 radical (unpaired) electrons. The minimum atomic E-state index is -0.246. The summed E-state index contributed by atoms with van der Waals surface area (Å²) in [5, 5.41) is 13.0. The summed E-state index contributed by atoms with van der Waals surface area (Å²) in [5.41, 5.74) is 5.03. The van der Waals surface area contributed by atoms with E-state index in [2.05, 4.69) is 50.0 Å². The van der Waals surface area contributed by atoms with Crippen LogP contribution in [0.25, 0.3) is 0 Å². The number of carbonyl (C=O) groups excluding carboxylic acids is 1. The number of nitrogens with one attached hydrogen (secondary N) is 1. The second kappa shape index (κ2) is 9.05. The maximum Gasteiger partial charge on any atom is 0.248 e. The van der Waals surface area contributed by atoms with Crippen LogP contribution in [0, 0.1) is 6.92 Å². The van der Waals surface area contributed by atoms with Gasteiger partial charge in [0.05, 0.1) is 0 Å². The molecule has 0 bridgehead atoms. The van der Waals surface area contributed by atoms with Gasteiger partial charge in [-0.1, -0.05) is 56.3 Å². The third-order valence-electron chi connectivity index (χ3n) is 6.70. The monoisotopic (exact) mass is 406 g/mol. The van der Waals surface area contributed by atoms with Gasteiger partial charge < -0.3 is 10.4 Å². The number of nitrogens with zero attached hydrogens (tertiary/aromatic N) is 1. The minimum absolute atomic E-state index is 0.0397. The van der Waals surface area contributed by atoms with Crippen molar-refractivity contribution in [2.24, 2.45) is 0 Å². The van der Waals surface area contributed by atoms with E-state index in [9.17, 15) is 9.90 Å². The number of likely N-dealkylation sites (N-methyl/N-ethyl adjacent to an activating group) is 1. The third-order valence-corrected chi connectivity index (χ3v) is 6.70. The number of carbonyl (C=O) groups is 1. The molecule has 1 aliphatic rings. The smallest absolute Gasteiger partial charge is 0.248 e. The van der Waals surface area contributed by atoms with Crippen LogP contribution in [0.15, 0.2) is 59.7 Å². The van der Waals surface area contributed by atoms with E-state index in [0.717, 1.165) is 36.2 Å². The third kappa shape index (κ3) is 4.29. The lowest BCUT2D eigenvalue weighted by atomic mass is 9.90. The number of benzene rings is 2. The average Bonchev–Trinajstić information content (AvgIpc) is 3.31. The fourth-order valence-electron chi connectivity index (χ4n) is 4.55. The number of hydrogen-bond acceptors (Lipinski definition) is 3. The maximum absolute atomic E-state index is 13.0. The molecule has 0 aliphatic heterocycles. The number of rotatable bonds is 9. The van der Waals surface area contributed by atoms with E-state index in [0.29, 0.717) is 12.3 Å². The minimum Gasteiger partial charge on any atom is -0.508 e. The largest absolute Gasteiger partial charge is 0.508 e. The zero-order valence-corrected chi connectivity index (χ0v) is 18.8. The molecule has 4 nitrogen and oxygen atoms in total. The van der Waals surface area contributed by atoms with Crippen LogP contribution in [0.2, 0.25) is 0 Å². The van der Waals surface area contributed by atoms with Gasteiger partial charge in [-0.3, -0.25) is 9.69 Å².